The summed E-state index contributed by atoms with van der Waals surface area (Å²) in [5.41, 5.74) is 4.55. The number of anilines is 2. The van der Waals surface area contributed by atoms with Gasteiger partial charge in [0.15, 0.2) is 5.65 Å². The highest BCUT2D eigenvalue weighted by Crippen LogP contribution is 2.31. The lowest BCUT2D eigenvalue weighted by Crippen LogP contribution is -2.07. The van der Waals surface area contributed by atoms with Gasteiger partial charge in [0.25, 0.3) is 0 Å². The topological polar surface area (TPSA) is 66.5 Å². The third-order valence-electron chi connectivity index (χ3n) is 3.93. The molecule has 3 aromatic rings. The Morgan fingerprint density at radius 3 is 3.00 bits per heavy atom. The fraction of sp³-hybridized carbons (Fsp3) is 0.267. The largest absolute Gasteiger partial charge is 0.339 e. The predicted molar refractivity (Wildman–Crippen MR) is 83.1 cm³/mol. The lowest BCUT2D eigenvalue weighted by atomic mass is 9.90. The molecule has 106 valence electrons. The molecule has 0 aliphatic heterocycles. The van der Waals surface area contributed by atoms with Crippen molar-refractivity contribution in [2.45, 2.75) is 25.7 Å². The highest BCUT2D eigenvalue weighted by Gasteiger charge is 2.15. The molecule has 2 N–H and O–H groups in total. The Morgan fingerprint density at radius 1 is 1.14 bits per heavy atom. The van der Waals surface area contributed by atoms with Gasteiger partial charge in [-0.1, -0.05) is 12.1 Å². The minimum absolute atomic E-state index is 0.207. The molecule has 1 aliphatic carbocycles. The number of fused-ring (bicyclic) bond motifs is 2. The van der Waals surface area contributed by atoms with Crippen LogP contribution in [0.15, 0.2) is 24.4 Å². The molecule has 0 fully saturated rings. The van der Waals surface area contributed by atoms with Crippen LogP contribution in [0.1, 0.15) is 24.0 Å². The van der Waals surface area contributed by atoms with Crippen LogP contribution in [-0.2, 0) is 12.8 Å². The van der Waals surface area contributed by atoms with Crippen LogP contribution in [-0.4, -0.2) is 20.2 Å². The lowest BCUT2D eigenvalue weighted by molar-refractivity contribution is 0.687. The molecular formula is C15H14ClN5. The normalized spacial score (nSPS) is 14.1. The van der Waals surface area contributed by atoms with Crippen LogP contribution >= 0.6 is 11.6 Å². The maximum Gasteiger partial charge on any atom is 0.226 e. The van der Waals surface area contributed by atoms with Crippen LogP contribution in [0.5, 0.6) is 0 Å². The van der Waals surface area contributed by atoms with Crippen molar-refractivity contribution in [2.24, 2.45) is 0 Å². The SMILES string of the molecule is Clc1nc(Nc2cccc3c2CCCC3)c2cn[nH]c2n1. The fourth-order valence-corrected chi connectivity index (χ4v) is 3.10. The Bertz CT molecular complexity index is 811. The average molecular weight is 300 g/mol. The smallest absolute Gasteiger partial charge is 0.226 e. The number of aromatic amines is 1. The summed E-state index contributed by atoms with van der Waals surface area (Å²) in [4.78, 5) is 8.42. The van der Waals surface area contributed by atoms with Crippen molar-refractivity contribution in [3.05, 3.63) is 40.8 Å². The van der Waals surface area contributed by atoms with Gasteiger partial charge in [0.1, 0.15) is 5.82 Å². The first-order valence-electron chi connectivity index (χ1n) is 7.06. The molecule has 0 amide bonds. The second-order valence-electron chi connectivity index (χ2n) is 5.25. The minimum atomic E-state index is 0.207. The Kier molecular flexibility index (Phi) is 3.00. The predicted octanol–water partition coefficient (Wildman–Crippen LogP) is 3.63. The van der Waals surface area contributed by atoms with Crippen molar-refractivity contribution in [3.63, 3.8) is 0 Å². The van der Waals surface area contributed by atoms with E-state index in [1.54, 1.807) is 6.20 Å². The minimum Gasteiger partial charge on any atom is -0.339 e. The fourth-order valence-electron chi connectivity index (χ4n) is 2.93. The summed E-state index contributed by atoms with van der Waals surface area (Å²) >= 11 is 5.98. The molecule has 21 heavy (non-hydrogen) atoms. The molecule has 2 aromatic heterocycles. The summed E-state index contributed by atoms with van der Waals surface area (Å²) in [6.45, 7) is 0. The number of H-pyrrole nitrogens is 1. The van der Waals surface area contributed by atoms with E-state index in [1.807, 2.05) is 0 Å². The van der Waals surface area contributed by atoms with Crippen molar-refractivity contribution in [2.75, 3.05) is 5.32 Å². The molecular weight excluding hydrogens is 286 g/mol. The molecule has 0 radical (unpaired) electrons. The van der Waals surface area contributed by atoms with E-state index in [-0.39, 0.29) is 5.28 Å². The van der Waals surface area contributed by atoms with Crippen LogP contribution in [0, 0.1) is 0 Å². The molecule has 1 aliphatic rings. The van der Waals surface area contributed by atoms with Crippen molar-refractivity contribution in [1.82, 2.24) is 20.2 Å². The third-order valence-corrected chi connectivity index (χ3v) is 4.10. The van der Waals surface area contributed by atoms with Crippen LogP contribution in [0.25, 0.3) is 11.0 Å². The number of rotatable bonds is 2. The summed E-state index contributed by atoms with van der Waals surface area (Å²) in [6, 6.07) is 6.38. The first-order chi connectivity index (χ1) is 10.3. The monoisotopic (exact) mass is 299 g/mol. The standard InChI is InChI=1S/C15H14ClN5/c16-15-19-13(11-8-17-21-14(11)20-15)18-12-7-3-5-9-4-1-2-6-10(9)12/h3,5,7-8H,1-2,4,6H2,(H2,17,18,19,20,21). The number of aryl methyl sites for hydroxylation is 1. The number of nitrogens with zero attached hydrogens (tertiary/aromatic N) is 3. The summed E-state index contributed by atoms with van der Waals surface area (Å²) in [7, 11) is 0. The quantitative estimate of drug-likeness (QED) is 0.709. The molecule has 6 heteroatoms. The van der Waals surface area contributed by atoms with Gasteiger partial charge in [0.05, 0.1) is 11.6 Å². The van der Waals surface area contributed by atoms with Crippen molar-refractivity contribution >= 4 is 34.1 Å². The lowest BCUT2D eigenvalue weighted by Gasteiger charge is -2.20. The summed E-state index contributed by atoms with van der Waals surface area (Å²) in [5, 5.41) is 11.3. The molecule has 0 spiro atoms. The maximum atomic E-state index is 5.98. The molecule has 5 nitrogen and oxygen atoms in total. The number of hydrogen-bond donors (Lipinski definition) is 2. The summed E-state index contributed by atoms with van der Waals surface area (Å²) in [6.07, 6.45) is 6.46. The Labute approximate surface area is 126 Å². The number of aromatic nitrogens is 4. The number of hydrogen-bond acceptors (Lipinski definition) is 4. The maximum absolute atomic E-state index is 5.98. The molecule has 0 bridgehead atoms. The first kappa shape index (κ1) is 12.6. The van der Waals surface area contributed by atoms with Gasteiger partial charge in [0.2, 0.25) is 5.28 Å². The average Bonchev–Trinajstić information content (AvgIpc) is 2.96. The second-order valence-corrected chi connectivity index (χ2v) is 5.59. The zero-order chi connectivity index (χ0) is 14.2. The van der Waals surface area contributed by atoms with Crippen LogP contribution in [0.2, 0.25) is 5.28 Å². The highest BCUT2D eigenvalue weighted by atomic mass is 35.5. The summed E-state index contributed by atoms with van der Waals surface area (Å²) < 4.78 is 0. The number of halogens is 1. The van der Waals surface area contributed by atoms with E-state index in [4.69, 9.17) is 11.6 Å². The van der Waals surface area contributed by atoms with Crippen LogP contribution in [0.3, 0.4) is 0 Å². The van der Waals surface area contributed by atoms with E-state index >= 15 is 0 Å². The van der Waals surface area contributed by atoms with Crippen molar-refractivity contribution < 1.29 is 0 Å². The molecule has 0 atom stereocenters. The molecule has 1 aromatic carbocycles. The number of benzene rings is 1. The van der Waals surface area contributed by atoms with Crippen molar-refractivity contribution in [3.8, 4) is 0 Å². The van der Waals surface area contributed by atoms with Crippen molar-refractivity contribution in [1.29, 1.82) is 0 Å². The van der Waals surface area contributed by atoms with Gasteiger partial charge < -0.3 is 5.32 Å². The zero-order valence-corrected chi connectivity index (χ0v) is 12.1. The van der Waals surface area contributed by atoms with Gasteiger partial charge in [-0.05, 0) is 54.5 Å². The highest BCUT2D eigenvalue weighted by molar-refractivity contribution is 6.28. The van der Waals surface area contributed by atoms with E-state index in [2.05, 4.69) is 43.7 Å². The molecule has 2 heterocycles. The van der Waals surface area contributed by atoms with Gasteiger partial charge >= 0.3 is 0 Å². The number of nitrogens with one attached hydrogen (secondary N) is 2. The Hall–Kier alpha value is -2.14. The van der Waals surface area contributed by atoms with Gasteiger partial charge in [-0.2, -0.15) is 15.1 Å². The summed E-state index contributed by atoms with van der Waals surface area (Å²) in [5.74, 6) is 0.692. The van der Waals surface area contributed by atoms with E-state index in [0.717, 1.165) is 23.9 Å². The van der Waals surface area contributed by atoms with Crippen LogP contribution in [0.4, 0.5) is 11.5 Å². The molecule has 4 rings (SSSR count). The molecule has 0 saturated heterocycles. The third kappa shape index (κ3) is 2.23. The second kappa shape index (κ2) is 5.00. The van der Waals surface area contributed by atoms with Gasteiger partial charge in [-0.3, -0.25) is 5.10 Å². The molecule has 0 saturated carbocycles. The van der Waals surface area contributed by atoms with Gasteiger partial charge in [0, 0.05) is 5.69 Å². The van der Waals surface area contributed by atoms with E-state index in [1.165, 1.54) is 24.0 Å². The van der Waals surface area contributed by atoms with E-state index < -0.39 is 0 Å². The van der Waals surface area contributed by atoms with Gasteiger partial charge in [-0.15, -0.1) is 0 Å². The Balaban J connectivity index is 1.80. The first-order valence-corrected chi connectivity index (χ1v) is 7.43. The van der Waals surface area contributed by atoms with Gasteiger partial charge in [-0.25, -0.2) is 0 Å². The van der Waals surface area contributed by atoms with E-state index in [9.17, 15) is 0 Å². The Morgan fingerprint density at radius 2 is 2.05 bits per heavy atom. The molecule has 0 unspecified atom stereocenters. The van der Waals surface area contributed by atoms with Crippen LogP contribution < -0.4 is 5.32 Å². The zero-order valence-electron chi connectivity index (χ0n) is 11.4. The van der Waals surface area contributed by atoms with E-state index in [0.29, 0.717) is 11.5 Å².